The molecule has 0 atom stereocenters. The Kier molecular flexibility index (Phi) is 4.34. The molecule has 0 fully saturated rings. The number of aromatic amines is 1. The van der Waals surface area contributed by atoms with Crippen LogP contribution in [-0.4, -0.2) is 37.5 Å². The maximum atomic E-state index is 10.7. The van der Waals surface area contributed by atoms with Crippen LogP contribution in [0.3, 0.4) is 0 Å². The first kappa shape index (κ1) is 17.3. The van der Waals surface area contributed by atoms with E-state index in [1.807, 2.05) is 35.8 Å². The van der Waals surface area contributed by atoms with Crippen molar-refractivity contribution in [1.82, 2.24) is 14.3 Å². The van der Waals surface area contributed by atoms with Gasteiger partial charge in [0.2, 0.25) is 0 Å². The fourth-order valence-electron chi connectivity index (χ4n) is 3.05. The highest BCUT2D eigenvalue weighted by Gasteiger charge is 2.24. The molecule has 0 aliphatic heterocycles. The number of hydrogen-bond acceptors (Lipinski definition) is 5. The van der Waals surface area contributed by atoms with Gasteiger partial charge in [-0.05, 0) is 40.1 Å². The van der Waals surface area contributed by atoms with E-state index in [4.69, 9.17) is 0 Å². The van der Waals surface area contributed by atoms with Crippen molar-refractivity contribution in [2.24, 2.45) is 0 Å². The Morgan fingerprint density at radius 1 is 1.08 bits per heavy atom. The number of nitrogens with zero attached hydrogens (tertiary/aromatic N) is 2. The maximum Gasteiger partial charge on any atom is 0.138 e. The molecular weight excluding hydrogens is 366 g/mol. The van der Waals surface area contributed by atoms with Gasteiger partial charge in [-0.25, -0.2) is 9.29 Å². The predicted octanol–water partition coefficient (Wildman–Crippen LogP) is 5.79. The topological polar surface area (TPSA) is 72.4 Å². The van der Waals surface area contributed by atoms with Crippen LogP contribution in [0.4, 0.5) is 0 Å². The molecule has 3 N–H and O–H groups in total. The van der Waals surface area contributed by atoms with Crippen molar-refractivity contribution in [2.75, 3.05) is 14.1 Å². The molecule has 1 aromatic carbocycles. The molecule has 0 aliphatic rings. The largest absolute Gasteiger partial charge is 0.345 e. The number of nitrogens with one attached hydrogen (secondary N) is 1. The van der Waals surface area contributed by atoms with Crippen LogP contribution >= 0.6 is 22.1 Å². The lowest BCUT2D eigenvalue weighted by atomic mass is 9.99. The highest BCUT2D eigenvalue weighted by molar-refractivity contribution is 8.22. The first-order chi connectivity index (χ1) is 12.5. The Hall–Kier alpha value is -2.16. The summed E-state index contributed by atoms with van der Waals surface area (Å²) in [4.78, 5) is 8.17. The zero-order chi connectivity index (χ0) is 18.3. The van der Waals surface area contributed by atoms with Crippen LogP contribution in [0.1, 0.15) is 1.43 Å². The van der Waals surface area contributed by atoms with E-state index in [0.29, 0.717) is 4.90 Å². The molecule has 0 radical (unpaired) electrons. The lowest BCUT2D eigenvalue weighted by Gasteiger charge is -2.39. The number of thiophene rings is 1. The van der Waals surface area contributed by atoms with Crippen molar-refractivity contribution in [2.45, 2.75) is 4.90 Å². The van der Waals surface area contributed by atoms with E-state index in [2.05, 4.69) is 21.4 Å². The van der Waals surface area contributed by atoms with Crippen LogP contribution in [0.2, 0.25) is 0 Å². The predicted molar refractivity (Wildman–Crippen MR) is 112 cm³/mol. The van der Waals surface area contributed by atoms with Crippen LogP contribution < -0.4 is 0 Å². The molecule has 7 heteroatoms. The third-order valence-electron chi connectivity index (χ3n) is 4.39. The van der Waals surface area contributed by atoms with Crippen LogP contribution in [0, 0.1) is 0 Å². The quantitative estimate of drug-likeness (QED) is 0.414. The van der Waals surface area contributed by atoms with Gasteiger partial charge >= 0.3 is 0 Å². The van der Waals surface area contributed by atoms with E-state index >= 15 is 0 Å². The molecule has 0 saturated carbocycles. The molecule has 3 heterocycles. The minimum atomic E-state index is -3.07. The number of H-pyrrole nitrogens is 1. The van der Waals surface area contributed by atoms with Crippen molar-refractivity contribution in [1.29, 1.82) is 0 Å². The highest BCUT2D eigenvalue weighted by atomic mass is 32.3. The molecule has 4 rings (SSSR count). The Balaban J connectivity index is 0.00000210. The summed E-state index contributed by atoms with van der Waals surface area (Å²) in [5, 5.41) is 5.13. The van der Waals surface area contributed by atoms with Crippen LogP contribution in [0.25, 0.3) is 33.3 Å². The molecule has 5 nitrogen and oxygen atoms in total. The van der Waals surface area contributed by atoms with E-state index in [1.54, 1.807) is 37.7 Å². The molecule has 0 aliphatic carbocycles. The summed E-state index contributed by atoms with van der Waals surface area (Å²) in [6.45, 7) is 0. The van der Waals surface area contributed by atoms with Gasteiger partial charge in [-0.1, -0.05) is 18.2 Å². The number of aromatic nitrogens is 2. The Labute approximate surface area is 158 Å². The second kappa shape index (κ2) is 6.53. The third-order valence-corrected chi connectivity index (χ3v) is 7.03. The summed E-state index contributed by atoms with van der Waals surface area (Å²) in [6.07, 6.45) is 3.67. The van der Waals surface area contributed by atoms with Gasteiger partial charge in [0.15, 0.2) is 0 Å². The molecule has 0 spiro atoms. The number of hydrogen-bond donors (Lipinski definition) is 3. The van der Waals surface area contributed by atoms with Crippen molar-refractivity contribution >= 4 is 33.1 Å². The lowest BCUT2D eigenvalue weighted by molar-refractivity contribution is 0.414. The van der Waals surface area contributed by atoms with Gasteiger partial charge in [-0.2, -0.15) is 11.3 Å². The van der Waals surface area contributed by atoms with Gasteiger partial charge < -0.3 is 4.98 Å². The van der Waals surface area contributed by atoms with Crippen molar-refractivity contribution in [3.63, 3.8) is 0 Å². The van der Waals surface area contributed by atoms with Crippen LogP contribution in [0.5, 0.6) is 0 Å². The number of benzene rings is 1. The standard InChI is InChI=1S/C19H19N3O2S2.H2/c1-22(2)26(23,24)17-6-4-3-5-15(17)16-11-21-19-18(16)14(7-9-20-19)13-8-10-25-12-13;/h3-12,23-24H,1-2H3,(H,20,21);1H. The molecule has 0 unspecified atom stereocenters. The summed E-state index contributed by atoms with van der Waals surface area (Å²) in [5.41, 5.74) is 4.67. The fourth-order valence-corrected chi connectivity index (χ4v) is 4.84. The SMILES string of the molecule is CN(C)S(O)(O)c1ccccc1-c1c[nH]c2nccc(-c3ccsc3)c12.[HH]. The zero-order valence-corrected chi connectivity index (χ0v) is 16.0. The zero-order valence-electron chi connectivity index (χ0n) is 14.4. The molecule has 0 amide bonds. The van der Waals surface area contributed by atoms with E-state index in [0.717, 1.165) is 33.3 Å². The average molecular weight is 388 g/mol. The minimum Gasteiger partial charge on any atom is -0.345 e. The molecule has 0 bridgehead atoms. The van der Waals surface area contributed by atoms with E-state index in [-0.39, 0.29) is 1.43 Å². The van der Waals surface area contributed by atoms with E-state index < -0.39 is 10.8 Å². The summed E-state index contributed by atoms with van der Waals surface area (Å²) >= 11 is 1.65. The summed E-state index contributed by atoms with van der Waals surface area (Å²) in [5.74, 6) is 0. The van der Waals surface area contributed by atoms with Crippen molar-refractivity contribution < 1.29 is 10.5 Å². The summed E-state index contributed by atoms with van der Waals surface area (Å²) in [7, 11) is 0.265. The average Bonchev–Trinajstić information content (AvgIpc) is 3.31. The van der Waals surface area contributed by atoms with Crippen molar-refractivity contribution in [3.05, 3.63) is 59.6 Å². The van der Waals surface area contributed by atoms with Crippen LogP contribution in [0.15, 0.2) is 64.4 Å². The third kappa shape index (κ3) is 2.74. The van der Waals surface area contributed by atoms with Gasteiger partial charge in [0.25, 0.3) is 0 Å². The Morgan fingerprint density at radius 3 is 2.62 bits per heavy atom. The monoisotopic (exact) mass is 387 g/mol. The molecule has 0 saturated heterocycles. The number of rotatable bonds is 4. The second-order valence-electron chi connectivity index (χ2n) is 6.12. The van der Waals surface area contributed by atoms with Gasteiger partial charge in [-0.15, -0.1) is 10.8 Å². The minimum absolute atomic E-state index is 0. The number of fused-ring (bicyclic) bond motifs is 1. The molecular formula is C19H21N3O2S2. The van der Waals surface area contributed by atoms with E-state index in [9.17, 15) is 9.11 Å². The summed E-state index contributed by atoms with van der Waals surface area (Å²) < 4.78 is 22.9. The van der Waals surface area contributed by atoms with Gasteiger partial charge in [0, 0.05) is 44.4 Å². The lowest BCUT2D eigenvalue weighted by Crippen LogP contribution is -2.19. The van der Waals surface area contributed by atoms with Gasteiger partial charge in [-0.3, -0.25) is 9.11 Å². The van der Waals surface area contributed by atoms with E-state index in [1.165, 1.54) is 4.31 Å². The Morgan fingerprint density at radius 2 is 1.88 bits per heavy atom. The normalized spacial score (nSPS) is 12.8. The van der Waals surface area contributed by atoms with Gasteiger partial charge in [0.05, 0.1) is 4.90 Å². The van der Waals surface area contributed by atoms with Crippen LogP contribution in [-0.2, 0) is 0 Å². The molecule has 4 aromatic rings. The highest BCUT2D eigenvalue weighted by Crippen LogP contribution is 2.54. The molecule has 3 aromatic heterocycles. The summed E-state index contributed by atoms with van der Waals surface area (Å²) in [6, 6.07) is 11.5. The number of pyridine rings is 1. The second-order valence-corrected chi connectivity index (χ2v) is 9.11. The maximum absolute atomic E-state index is 10.7. The first-order valence-corrected chi connectivity index (χ1v) is 10.5. The Bertz CT molecular complexity index is 1060. The molecule has 136 valence electrons. The van der Waals surface area contributed by atoms with Crippen molar-refractivity contribution in [3.8, 4) is 22.3 Å². The van der Waals surface area contributed by atoms with Gasteiger partial charge in [0.1, 0.15) is 5.65 Å². The smallest absolute Gasteiger partial charge is 0.138 e. The molecule has 26 heavy (non-hydrogen) atoms. The fraction of sp³-hybridized carbons (Fsp3) is 0.105. The first-order valence-electron chi connectivity index (χ1n) is 8.04.